The van der Waals surface area contributed by atoms with Crippen molar-refractivity contribution in [2.45, 2.75) is 58.4 Å². The first-order valence-electron chi connectivity index (χ1n) is 6.65. The number of urea groups is 1. The number of hydrogen-bond acceptors (Lipinski definition) is 2. The van der Waals surface area contributed by atoms with Crippen molar-refractivity contribution in [3.8, 4) is 0 Å². The molecule has 1 saturated carbocycles. The van der Waals surface area contributed by atoms with E-state index in [1.54, 1.807) is 0 Å². The molecule has 2 amide bonds. The first-order valence-corrected chi connectivity index (χ1v) is 6.65. The van der Waals surface area contributed by atoms with E-state index in [-0.39, 0.29) is 17.9 Å². The second-order valence-electron chi connectivity index (χ2n) is 5.84. The molecule has 18 heavy (non-hydrogen) atoms. The van der Waals surface area contributed by atoms with E-state index in [1.807, 2.05) is 13.8 Å². The Balaban J connectivity index is 2.10. The van der Waals surface area contributed by atoms with Crippen LogP contribution in [0.4, 0.5) is 4.79 Å². The third-order valence-electron chi connectivity index (χ3n) is 3.54. The van der Waals surface area contributed by atoms with Gasteiger partial charge in [0.1, 0.15) is 0 Å². The second-order valence-corrected chi connectivity index (χ2v) is 5.84. The highest BCUT2D eigenvalue weighted by atomic mass is 16.4. The zero-order chi connectivity index (χ0) is 13.6. The van der Waals surface area contributed by atoms with Crippen LogP contribution < -0.4 is 10.6 Å². The molecule has 1 aliphatic rings. The summed E-state index contributed by atoms with van der Waals surface area (Å²) in [5, 5.41) is 14.4. The number of carboxylic acid groups (broad SMARTS) is 1. The van der Waals surface area contributed by atoms with Gasteiger partial charge in [-0.05, 0) is 37.5 Å². The van der Waals surface area contributed by atoms with Gasteiger partial charge in [0.2, 0.25) is 0 Å². The first-order chi connectivity index (χ1) is 8.39. The molecule has 104 valence electrons. The largest absolute Gasteiger partial charge is 0.481 e. The fourth-order valence-electron chi connectivity index (χ4n) is 1.87. The van der Waals surface area contributed by atoms with Crippen molar-refractivity contribution < 1.29 is 14.7 Å². The van der Waals surface area contributed by atoms with Crippen LogP contribution in [0.2, 0.25) is 0 Å². The number of aliphatic carboxylic acids is 1. The molecule has 0 unspecified atom stereocenters. The van der Waals surface area contributed by atoms with Gasteiger partial charge in [-0.2, -0.15) is 0 Å². The van der Waals surface area contributed by atoms with E-state index >= 15 is 0 Å². The molecule has 0 aliphatic heterocycles. The predicted molar refractivity (Wildman–Crippen MR) is 69.4 cm³/mol. The Morgan fingerprint density at radius 3 is 2.44 bits per heavy atom. The second kappa shape index (κ2) is 6.61. The molecule has 0 bridgehead atoms. The van der Waals surface area contributed by atoms with Crippen LogP contribution in [0.1, 0.15) is 52.4 Å². The van der Waals surface area contributed by atoms with E-state index in [4.69, 9.17) is 5.11 Å². The molecular formula is C13H24N2O3. The molecule has 0 saturated heterocycles. The molecule has 0 radical (unpaired) electrons. The Hall–Kier alpha value is -1.26. The fourth-order valence-corrected chi connectivity index (χ4v) is 1.87. The van der Waals surface area contributed by atoms with Gasteiger partial charge in [-0.15, -0.1) is 0 Å². The SMILES string of the molecule is CC(C)(CCNC(=O)NC1CCC1)CCC(=O)O. The minimum absolute atomic E-state index is 0.0534. The lowest BCUT2D eigenvalue weighted by Crippen LogP contribution is -2.45. The highest BCUT2D eigenvalue weighted by Gasteiger charge is 2.21. The summed E-state index contributed by atoms with van der Waals surface area (Å²) in [5.74, 6) is -0.765. The van der Waals surface area contributed by atoms with Crippen LogP contribution in [0.3, 0.4) is 0 Å². The van der Waals surface area contributed by atoms with E-state index in [9.17, 15) is 9.59 Å². The molecule has 1 fully saturated rings. The van der Waals surface area contributed by atoms with Crippen LogP contribution in [-0.4, -0.2) is 29.7 Å². The predicted octanol–water partition coefficient (Wildman–Crippen LogP) is 2.12. The molecule has 1 aliphatic carbocycles. The molecule has 0 aromatic rings. The van der Waals surface area contributed by atoms with Crippen molar-refractivity contribution in [3.63, 3.8) is 0 Å². The summed E-state index contributed by atoms with van der Waals surface area (Å²) < 4.78 is 0. The lowest BCUT2D eigenvalue weighted by atomic mass is 9.84. The van der Waals surface area contributed by atoms with E-state index in [0.29, 0.717) is 19.0 Å². The highest BCUT2D eigenvalue weighted by Crippen LogP contribution is 2.26. The van der Waals surface area contributed by atoms with E-state index in [1.165, 1.54) is 6.42 Å². The Labute approximate surface area is 108 Å². The number of amides is 2. The molecule has 5 heteroatoms. The van der Waals surface area contributed by atoms with E-state index < -0.39 is 5.97 Å². The summed E-state index contributed by atoms with van der Waals surface area (Å²) in [6, 6.07) is 0.249. The number of carbonyl (C=O) groups excluding carboxylic acids is 1. The maximum absolute atomic E-state index is 11.5. The van der Waals surface area contributed by atoms with Crippen molar-refractivity contribution in [1.29, 1.82) is 0 Å². The summed E-state index contributed by atoms with van der Waals surface area (Å²) in [4.78, 5) is 22.0. The molecule has 0 aromatic heterocycles. The maximum Gasteiger partial charge on any atom is 0.315 e. The van der Waals surface area contributed by atoms with Gasteiger partial charge >= 0.3 is 12.0 Å². The number of hydrogen-bond donors (Lipinski definition) is 3. The van der Waals surface area contributed by atoms with Gasteiger partial charge in [0.05, 0.1) is 0 Å². The smallest absolute Gasteiger partial charge is 0.315 e. The van der Waals surface area contributed by atoms with Crippen LogP contribution in [0.5, 0.6) is 0 Å². The molecule has 1 rings (SSSR count). The van der Waals surface area contributed by atoms with Gasteiger partial charge in [0.15, 0.2) is 0 Å². The van der Waals surface area contributed by atoms with Gasteiger partial charge < -0.3 is 15.7 Å². The molecule has 0 aromatic carbocycles. The Bertz CT molecular complexity index is 299. The normalized spacial score (nSPS) is 15.9. The molecule has 5 nitrogen and oxygen atoms in total. The van der Waals surface area contributed by atoms with Gasteiger partial charge in [0.25, 0.3) is 0 Å². The Morgan fingerprint density at radius 1 is 1.28 bits per heavy atom. The standard InChI is InChI=1S/C13H24N2O3/c1-13(2,7-6-11(16)17)8-9-14-12(18)15-10-4-3-5-10/h10H,3-9H2,1-2H3,(H,16,17)(H2,14,15,18). The average Bonchev–Trinajstić information content (AvgIpc) is 2.21. The van der Waals surface area contributed by atoms with Gasteiger partial charge in [-0.1, -0.05) is 13.8 Å². The minimum atomic E-state index is -0.765. The van der Waals surface area contributed by atoms with Crippen molar-refractivity contribution >= 4 is 12.0 Å². The fraction of sp³-hybridized carbons (Fsp3) is 0.846. The quantitative estimate of drug-likeness (QED) is 0.653. The highest BCUT2D eigenvalue weighted by molar-refractivity contribution is 5.74. The van der Waals surface area contributed by atoms with Crippen molar-refractivity contribution in [2.75, 3.05) is 6.54 Å². The lowest BCUT2D eigenvalue weighted by Gasteiger charge is -2.27. The van der Waals surface area contributed by atoms with Gasteiger partial charge in [-0.25, -0.2) is 4.79 Å². The third kappa shape index (κ3) is 5.89. The number of rotatable bonds is 7. The maximum atomic E-state index is 11.5. The number of carboxylic acids is 1. The Morgan fingerprint density at radius 2 is 1.94 bits per heavy atom. The van der Waals surface area contributed by atoms with Crippen molar-refractivity contribution in [1.82, 2.24) is 10.6 Å². The summed E-state index contributed by atoms with van der Waals surface area (Å²) in [6.07, 6.45) is 4.97. The van der Waals surface area contributed by atoms with Crippen LogP contribution >= 0.6 is 0 Å². The zero-order valence-electron chi connectivity index (χ0n) is 11.3. The first kappa shape index (κ1) is 14.8. The van der Waals surface area contributed by atoms with Crippen LogP contribution in [0.15, 0.2) is 0 Å². The van der Waals surface area contributed by atoms with E-state index in [0.717, 1.165) is 19.3 Å². The van der Waals surface area contributed by atoms with Gasteiger partial charge in [-0.3, -0.25) is 4.79 Å². The van der Waals surface area contributed by atoms with Crippen LogP contribution in [0, 0.1) is 5.41 Å². The van der Waals surface area contributed by atoms with Gasteiger partial charge in [0, 0.05) is 19.0 Å². The number of nitrogens with one attached hydrogen (secondary N) is 2. The topological polar surface area (TPSA) is 78.4 Å². The zero-order valence-corrected chi connectivity index (χ0v) is 11.3. The van der Waals surface area contributed by atoms with Crippen LogP contribution in [-0.2, 0) is 4.79 Å². The molecular weight excluding hydrogens is 232 g/mol. The molecule has 0 spiro atoms. The number of carbonyl (C=O) groups is 2. The molecule has 3 N–H and O–H groups in total. The summed E-state index contributed by atoms with van der Waals surface area (Å²) in [5.41, 5.74) is -0.0534. The average molecular weight is 256 g/mol. The van der Waals surface area contributed by atoms with Crippen molar-refractivity contribution in [2.24, 2.45) is 5.41 Å². The Kier molecular flexibility index (Phi) is 5.44. The van der Waals surface area contributed by atoms with Crippen LogP contribution in [0.25, 0.3) is 0 Å². The monoisotopic (exact) mass is 256 g/mol. The third-order valence-corrected chi connectivity index (χ3v) is 3.54. The summed E-state index contributed by atoms with van der Waals surface area (Å²) in [6.45, 7) is 4.65. The molecule has 0 heterocycles. The molecule has 0 atom stereocenters. The summed E-state index contributed by atoms with van der Waals surface area (Å²) in [7, 11) is 0. The minimum Gasteiger partial charge on any atom is -0.481 e. The lowest BCUT2D eigenvalue weighted by molar-refractivity contribution is -0.137. The van der Waals surface area contributed by atoms with Crippen molar-refractivity contribution in [3.05, 3.63) is 0 Å². The van der Waals surface area contributed by atoms with E-state index in [2.05, 4.69) is 10.6 Å². The summed E-state index contributed by atoms with van der Waals surface area (Å²) >= 11 is 0.